The van der Waals surface area contributed by atoms with Gasteiger partial charge in [-0.2, -0.15) is 4.57 Å². The Morgan fingerprint density at radius 2 is 1.63 bits per heavy atom. The van der Waals surface area contributed by atoms with Gasteiger partial charge in [0.05, 0.1) is 0 Å². The summed E-state index contributed by atoms with van der Waals surface area (Å²) in [6.07, 6.45) is 2.86. The monoisotopic (exact) mass is 290 g/mol. The van der Waals surface area contributed by atoms with Gasteiger partial charge in [-0.25, -0.2) is 0 Å². The number of aliphatic hydroxyl groups excluding tert-OH is 1. The van der Waals surface area contributed by atoms with Crippen LogP contribution in [0.25, 0.3) is 10.9 Å². The molecule has 0 aliphatic heterocycles. The quantitative estimate of drug-likeness (QED) is 0.523. The zero-order chi connectivity index (χ0) is 14.3. The van der Waals surface area contributed by atoms with Gasteiger partial charge < -0.3 is 5.11 Å². The van der Waals surface area contributed by atoms with Crippen molar-refractivity contribution in [2.45, 2.75) is 13.0 Å². The molecule has 4 N–H and O–H groups in total. The van der Waals surface area contributed by atoms with E-state index in [9.17, 15) is 0 Å². The summed E-state index contributed by atoms with van der Waals surface area (Å²) in [5, 5.41) is 10.0. The number of fused-ring (bicyclic) bond motifs is 1. The molecule has 0 saturated heterocycles. The Morgan fingerprint density at radius 1 is 1.05 bits per heavy atom. The van der Waals surface area contributed by atoms with Crippen molar-refractivity contribution in [1.82, 2.24) is 0 Å². The van der Waals surface area contributed by atoms with Crippen LogP contribution < -0.4 is 9.23 Å². The van der Waals surface area contributed by atoms with Crippen LogP contribution in [0.4, 0.5) is 0 Å². The van der Waals surface area contributed by atoms with Gasteiger partial charge in [0.15, 0.2) is 12.7 Å². The van der Waals surface area contributed by atoms with Crippen molar-refractivity contribution in [3.63, 3.8) is 0 Å². The third kappa shape index (κ3) is 6.44. The molecule has 1 heterocycles. The average molecular weight is 291 g/mol. The molecule has 6 nitrogen and oxygen atoms in total. The van der Waals surface area contributed by atoms with E-state index < -0.39 is 10.2 Å². The van der Waals surface area contributed by atoms with Gasteiger partial charge >= 0.3 is 28.9 Å². The third-order valence-corrected chi connectivity index (χ3v) is 2.35. The van der Waals surface area contributed by atoms with Crippen LogP contribution in [0.1, 0.15) is 6.42 Å². The van der Waals surface area contributed by atoms with E-state index in [0.717, 1.165) is 13.0 Å². The molecule has 0 atom stereocenters. The third-order valence-electron chi connectivity index (χ3n) is 2.35. The number of hydrogen-bond donors (Lipinski definition) is 4. The molecule has 2 aromatic rings. The topological polar surface area (TPSA) is 108 Å². The number of halogens is 1. The first kappa shape index (κ1) is 15.8. The van der Waals surface area contributed by atoms with E-state index in [0.29, 0.717) is 0 Å². The zero-order valence-corrected chi connectivity index (χ0v) is 10.9. The predicted octanol–water partition coefficient (Wildman–Crippen LogP) is -1.35. The normalized spacial score (nSPS) is 11.8. The fourth-order valence-corrected chi connectivity index (χ4v) is 1.66. The number of hydrogen-bond acceptors (Lipinski definition) is 5. The van der Waals surface area contributed by atoms with Gasteiger partial charge in [0.1, 0.15) is 0 Å². The van der Waals surface area contributed by atoms with Crippen LogP contribution in [0.5, 0.6) is 0 Å². The maximum atomic E-state index is 8.83. The van der Waals surface area contributed by atoms with Crippen molar-refractivity contribution in [2.24, 2.45) is 0 Å². The molecule has 0 unspecified atom stereocenters. The summed E-state index contributed by atoms with van der Waals surface area (Å²) in [5.74, 6) is 0. The summed E-state index contributed by atoms with van der Waals surface area (Å²) >= 11 is 0. The SMILES string of the molecule is OCCC[n+]1cccc2ccccc21.[O-][Cl+](O)(O)O. The molecule has 2 rings (SSSR count). The molecule has 0 radical (unpaired) electrons. The first-order valence-electron chi connectivity index (χ1n) is 5.56. The minimum atomic E-state index is -4.19. The standard InChI is InChI=1S/C12H14NO.ClH3O4/c14-10-4-9-13-8-3-6-11-5-1-2-7-12(11)13;2-1(3,4)5/h1-3,5-8,14H,4,9-10H2;2-4H/q+1;. The summed E-state index contributed by atoms with van der Waals surface area (Å²) in [6, 6.07) is 12.4. The summed E-state index contributed by atoms with van der Waals surface area (Å²) < 4.78 is 32.4. The Morgan fingerprint density at radius 3 is 2.26 bits per heavy atom. The van der Waals surface area contributed by atoms with Crippen molar-refractivity contribution in [2.75, 3.05) is 6.61 Å². The van der Waals surface area contributed by atoms with Crippen LogP contribution in [0.3, 0.4) is 0 Å². The van der Waals surface area contributed by atoms with Crippen molar-refractivity contribution in [1.29, 1.82) is 0 Å². The second-order valence-electron chi connectivity index (χ2n) is 3.77. The first-order valence-corrected chi connectivity index (χ1v) is 6.88. The molecule has 0 aliphatic rings. The molecule has 0 bridgehead atoms. The molecule has 1 aromatic carbocycles. The summed E-state index contributed by atoms with van der Waals surface area (Å²) in [7, 11) is -4.19. The second-order valence-corrected chi connectivity index (χ2v) is 4.64. The van der Waals surface area contributed by atoms with Crippen LogP contribution in [-0.2, 0) is 6.54 Å². The van der Waals surface area contributed by atoms with Gasteiger partial charge in [-0.3, -0.25) is 0 Å². The molecule has 19 heavy (non-hydrogen) atoms. The van der Waals surface area contributed by atoms with Crippen molar-refractivity contribution < 1.29 is 38.6 Å². The molecule has 0 amide bonds. The Kier molecular flexibility index (Phi) is 6.10. The van der Waals surface area contributed by atoms with Crippen molar-refractivity contribution in [3.05, 3.63) is 42.6 Å². The summed E-state index contributed by atoms with van der Waals surface area (Å²) in [4.78, 5) is 0. The van der Waals surface area contributed by atoms with Gasteiger partial charge in [0, 0.05) is 30.5 Å². The van der Waals surface area contributed by atoms with Crippen molar-refractivity contribution >= 4 is 10.9 Å². The number of benzene rings is 1. The predicted molar refractivity (Wildman–Crippen MR) is 62.5 cm³/mol. The fourth-order valence-electron chi connectivity index (χ4n) is 1.66. The van der Waals surface area contributed by atoms with Crippen LogP contribution in [0.15, 0.2) is 42.6 Å². The van der Waals surface area contributed by atoms with Crippen LogP contribution in [0.2, 0.25) is 0 Å². The Bertz CT molecular complexity index is 503. The molecular formula is C12H17ClNO5+. The zero-order valence-electron chi connectivity index (χ0n) is 10.2. The molecule has 106 valence electrons. The fraction of sp³-hybridized carbons (Fsp3) is 0.250. The summed E-state index contributed by atoms with van der Waals surface area (Å²) in [5.41, 5.74) is 1.23. The van der Waals surface area contributed by atoms with Gasteiger partial charge in [-0.05, 0) is 12.1 Å². The first-order chi connectivity index (χ1) is 8.92. The van der Waals surface area contributed by atoms with E-state index in [-0.39, 0.29) is 6.61 Å². The van der Waals surface area contributed by atoms with Gasteiger partial charge in [-0.15, -0.1) is 0 Å². The van der Waals surface area contributed by atoms with Crippen LogP contribution in [0, 0.1) is 10.2 Å². The number of aryl methyl sites for hydroxylation is 1. The van der Waals surface area contributed by atoms with Gasteiger partial charge in [0.2, 0.25) is 5.52 Å². The number of aromatic nitrogens is 1. The average Bonchev–Trinajstić information content (AvgIpc) is 2.34. The molecule has 0 spiro atoms. The second kappa shape index (κ2) is 7.34. The van der Waals surface area contributed by atoms with Crippen LogP contribution >= 0.6 is 0 Å². The Balaban J connectivity index is 0.000000312. The molecule has 7 heteroatoms. The van der Waals surface area contributed by atoms with E-state index in [4.69, 9.17) is 23.7 Å². The molecule has 1 aromatic heterocycles. The van der Waals surface area contributed by atoms with E-state index in [1.807, 2.05) is 18.2 Å². The van der Waals surface area contributed by atoms with E-state index in [1.165, 1.54) is 10.9 Å². The van der Waals surface area contributed by atoms with E-state index >= 15 is 0 Å². The number of pyridine rings is 1. The Hall–Kier alpha value is -1.28. The summed E-state index contributed by atoms with van der Waals surface area (Å²) in [6.45, 7) is 1.12. The Labute approximate surface area is 112 Å². The minimum absolute atomic E-state index is 0.246. The molecular weight excluding hydrogens is 274 g/mol. The van der Waals surface area contributed by atoms with Crippen LogP contribution in [-0.4, -0.2) is 25.7 Å². The van der Waals surface area contributed by atoms with E-state index in [1.54, 1.807) is 0 Å². The van der Waals surface area contributed by atoms with Gasteiger partial charge in [0.25, 0.3) is 0 Å². The van der Waals surface area contributed by atoms with E-state index in [2.05, 4.69) is 29.0 Å². The maximum absolute atomic E-state index is 8.83. The van der Waals surface area contributed by atoms with Gasteiger partial charge in [-0.1, -0.05) is 12.1 Å². The number of aliphatic hydroxyl groups is 1. The number of rotatable bonds is 3. The number of para-hydroxylation sites is 1. The van der Waals surface area contributed by atoms with Crippen molar-refractivity contribution in [3.8, 4) is 0 Å². The molecule has 0 fully saturated rings. The molecule has 0 saturated carbocycles. The number of nitrogens with zero attached hydrogens (tertiary/aromatic N) is 1. The molecule has 0 aliphatic carbocycles.